The van der Waals surface area contributed by atoms with E-state index in [9.17, 15) is 4.79 Å². The first-order chi connectivity index (χ1) is 12.9. The molecule has 1 saturated carbocycles. The van der Waals surface area contributed by atoms with E-state index >= 15 is 0 Å². The van der Waals surface area contributed by atoms with Gasteiger partial charge in [0.15, 0.2) is 0 Å². The van der Waals surface area contributed by atoms with Crippen LogP contribution in [0.1, 0.15) is 33.1 Å². The zero-order valence-corrected chi connectivity index (χ0v) is 17.0. The van der Waals surface area contributed by atoms with Crippen LogP contribution in [0.4, 0.5) is 5.69 Å². The van der Waals surface area contributed by atoms with Crippen LogP contribution in [0.25, 0.3) is 0 Å². The second kappa shape index (κ2) is 8.07. The first-order valence-corrected chi connectivity index (χ1v) is 9.85. The van der Waals surface area contributed by atoms with Crippen LogP contribution in [0.2, 0.25) is 0 Å². The summed E-state index contributed by atoms with van der Waals surface area (Å²) < 4.78 is 11.0. The van der Waals surface area contributed by atoms with Gasteiger partial charge in [0.05, 0.1) is 24.4 Å². The summed E-state index contributed by atoms with van der Waals surface area (Å²) in [6, 6.07) is 8.12. The van der Waals surface area contributed by atoms with Gasteiger partial charge in [0.25, 0.3) is 0 Å². The van der Waals surface area contributed by atoms with Crippen molar-refractivity contribution in [3.63, 3.8) is 0 Å². The van der Waals surface area contributed by atoms with Gasteiger partial charge in [-0.05, 0) is 45.2 Å². The van der Waals surface area contributed by atoms with Gasteiger partial charge in [-0.25, -0.2) is 0 Å². The molecule has 6 nitrogen and oxygen atoms in total. The van der Waals surface area contributed by atoms with Crippen molar-refractivity contribution >= 4 is 11.6 Å². The van der Waals surface area contributed by atoms with Crippen LogP contribution in [-0.2, 0) is 9.53 Å². The molecular formula is C21H33N3O3. The molecule has 150 valence electrons. The van der Waals surface area contributed by atoms with Crippen LogP contribution in [0, 0.1) is 5.92 Å². The Morgan fingerprint density at radius 2 is 1.93 bits per heavy atom. The molecule has 0 spiro atoms. The van der Waals surface area contributed by atoms with Crippen LogP contribution in [0.15, 0.2) is 24.3 Å². The van der Waals surface area contributed by atoms with Crippen molar-refractivity contribution < 1.29 is 14.3 Å². The summed E-state index contributed by atoms with van der Waals surface area (Å²) in [5.41, 5.74) is 7.03. The lowest BCUT2D eigenvalue weighted by molar-refractivity contribution is -0.140. The Bertz CT molecular complexity index is 664. The van der Waals surface area contributed by atoms with Crippen molar-refractivity contribution in [1.82, 2.24) is 4.90 Å². The number of benzene rings is 1. The Kier molecular flexibility index (Phi) is 5.96. The zero-order valence-electron chi connectivity index (χ0n) is 17.0. The van der Waals surface area contributed by atoms with Gasteiger partial charge in [-0.15, -0.1) is 0 Å². The van der Waals surface area contributed by atoms with Gasteiger partial charge in [0, 0.05) is 38.7 Å². The van der Waals surface area contributed by atoms with Gasteiger partial charge in [0.1, 0.15) is 5.75 Å². The number of hydrogen-bond acceptors (Lipinski definition) is 5. The number of hydrogen-bond donors (Lipinski definition) is 1. The maximum atomic E-state index is 13.2. The van der Waals surface area contributed by atoms with E-state index in [2.05, 4.69) is 24.8 Å². The molecule has 1 aliphatic heterocycles. The normalized spacial score (nSPS) is 28.1. The summed E-state index contributed by atoms with van der Waals surface area (Å²) >= 11 is 0. The average molecular weight is 376 g/mol. The Hall–Kier alpha value is -1.79. The molecule has 0 bridgehead atoms. The molecule has 1 aliphatic carbocycles. The maximum absolute atomic E-state index is 13.2. The van der Waals surface area contributed by atoms with E-state index in [0.717, 1.165) is 43.8 Å². The van der Waals surface area contributed by atoms with E-state index in [0.29, 0.717) is 6.54 Å². The molecule has 2 N–H and O–H groups in total. The fourth-order valence-electron chi connectivity index (χ4n) is 4.55. The van der Waals surface area contributed by atoms with Crippen molar-refractivity contribution in [1.29, 1.82) is 0 Å². The number of methoxy groups -OCH3 is 2. The van der Waals surface area contributed by atoms with Gasteiger partial charge < -0.3 is 25.0 Å². The van der Waals surface area contributed by atoms with Gasteiger partial charge in [0.2, 0.25) is 5.91 Å². The molecule has 1 aromatic rings. The standard InChI is InChI=1S/C21H33N3O3/c1-21(2)14-23(20(25)15-9-10-16(22)19(13-15)27-4)11-12-24(21)17-7-5-6-8-18(17)26-3/h5-8,15-16,19H,9-14,22H2,1-4H3/t15-,16+,19+/m0/s1. The smallest absolute Gasteiger partial charge is 0.225 e. The first kappa shape index (κ1) is 20.0. The molecule has 2 aliphatic rings. The lowest BCUT2D eigenvalue weighted by Crippen LogP contribution is -2.62. The molecule has 1 aromatic carbocycles. The molecule has 27 heavy (non-hydrogen) atoms. The predicted molar refractivity (Wildman–Crippen MR) is 107 cm³/mol. The molecule has 3 atom stereocenters. The van der Waals surface area contributed by atoms with Crippen molar-refractivity contribution in [2.75, 3.05) is 38.8 Å². The number of nitrogens with zero attached hydrogens (tertiary/aromatic N) is 2. The second-order valence-corrected chi connectivity index (χ2v) is 8.34. The third kappa shape index (κ3) is 4.06. The fraction of sp³-hybridized carbons (Fsp3) is 0.667. The minimum Gasteiger partial charge on any atom is -0.495 e. The molecule has 1 saturated heterocycles. The third-order valence-electron chi connectivity index (χ3n) is 6.08. The number of nitrogens with two attached hydrogens (primary N) is 1. The number of ether oxygens (including phenoxy) is 2. The number of amides is 1. The average Bonchev–Trinajstić information content (AvgIpc) is 2.67. The van der Waals surface area contributed by atoms with Gasteiger partial charge >= 0.3 is 0 Å². The number of piperazine rings is 1. The molecule has 0 radical (unpaired) electrons. The van der Waals surface area contributed by atoms with Crippen molar-refractivity contribution in [3.8, 4) is 5.75 Å². The summed E-state index contributed by atoms with van der Waals surface area (Å²) in [5.74, 6) is 1.13. The number of rotatable bonds is 4. The van der Waals surface area contributed by atoms with E-state index in [-0.39, 0.29) is 29.5 Å². The zero-order chi connectivity index (χ0) is 19.6. The van der Waals surface area contributed by atoms with Crippen molar-refractivity contribution in [2.24, 2.45) is 11.7 Å². The molecular weight excluding hydrogens is 342 g/mol. The first-order valence-electron chi connectivity index (χ1n) is 9.85. The fourth-order valence-corrected chi connectivity index (χ4v) is 4.55. The van der Waals surface area contributed by atoms with Gasteiger partial charge in [-0.3, -0.25) is 4.79 Å². The third-order valence-corrected chi connectivity index (χ3v) is 6.08. The Morgan fingerprint density at radius 1 is 1.19 bits per heavy atom. The second-order valence-electron chi connectivity index (χ2n) is 8.34. The van der Waals surface area contributed by atoms with Gasteiger partial charge in [-0.2, -0.15) is 0 Å². The molecule has 6 heteroatoms. The highest BCUT2D eigenvalue weighted by molar-refractivity contribution is 5.79. The van der Waals surface area contributed by atoms with Crippen LogP contribution in [-0.4, -0.2) is 62.3 Å². The lowest BCUT2D eigenvalue weighted by Gasteiger charge is -2.49. The molecule has 1 amide bonds. The minimum atomic E-state index is -0.172. The van der Waals surface area contributed by atoms with Crippen molar-refractivity contribution in [2.45, 2.75) is 50.8 Å². The van der Waals surface area contributed by atoms with E-state index in [1.165, 1.54) is 0 Å². The van der Waals surface area contributed by atoms with Crippen LogP contribution >= 0.6 is 0 Å². The molecule has 0 unspecified atom stereocenters. The number of carbonyl (C=O) groups excluding carboxylic acids is 1. The quantitative estimate of drug-likeness (QED) is 0.874. The van der Waals surface area contributed by atoms with E-state index in [4.69, 9.17) is 15.2 Å². The molecule has 2 fully saturated rings. The highest BCUT2D eigenvalue weighted by atomic mass is 16.5. The number of anilines is 1. The molecule has 3 rings (SSSR count). The number of carbonyl (C=O) groups is 1. The Labute approximate surface area is 162 Å². The maximum Gasteiger partial charge on any atom is 0.225 e. The summed E-state index contributed by atoms with van der Waals surface area (Å²) in [4.78, 5) is 17.5. The highest BCUT2D eigenvalue weighted by Crippen LogP contribution is 2.36. The monoisotopic (exact) mass is 375 g/mol. The minimum absolute atomic E-state index is 0.0170. The largest absolute Gasteiger partial charge is 0.495 e. The van der Waals surface area contributed by atoms with E-state index < -0.39 is 0 Å². The van der Waals surface area contributed by atoms with Crippen LogP contribution < -0.4 is 15.4 Å². The molecule has 1 heterocycles. The topological polar surface area (TPSA) is 68.0 Å². The Balaban J connectivity index is 1.71. The summed E-state index contributed by atoms with van der Waals surface area (Å²) in [6.45, 7) is 6.59. The summed E-state index contributed by atoms with van der Waals surface area (Å²) in [6.07, 6.45) is 2.41. The SMILES string of the molecule is COc1ccccc1N1CCN(C(=O)[C@H]2CC[C@@H](N)[C@H](OC)C2)CC1(C)C. The Morgan fingerprint density at radius 3 is 2.59 bits per heavy atom. The summed E-state index contributed by atoms with van der Waals surface area (Å²) in [5, 5.41) is 0. The van der Waals surface area contributed by atoms with E-state index in [1.54, 1.807) is 14.2 Å². The lowest BCUT2D eigenvalue weighted by atomic mass is 9.83. The predicted octanol–water partition coefficient (Wildman–Crippen LogP) is 2.26. The number of para-hydroxylation sites is 2. The van der Waals surface area contributed by atoms with Crippen molar-refractivity contribution in [3.05, 3.63) is 24.3 Å². The highest BCUT2D eigenvalue weighted by Gasteiger charge is 2.40. The van der Waals surface area contributed by atoms with Crippen LogP contribution in [0.5, 0.6) is 5.75 Å². The van der Waals surface area contributed by atoms with Crippen LogP contribution in [0.3, 0.4) is 0 Å². The van der Waals surface area contributed by atoms with Gasteiger partial charge in [-0.1, -0.05) is 12.1 Å². The molecule has 0 aromatic heterocycles. The van der Waals surface area contributed by atoms with E-state index in [1.807, 2.05) is 23.1 Å². The summed E-state index contributed by atoms with van der Waals surface area (Å²) in [7, 11) is 3.39.